The standard InChI is InChI=1S/C18H25NO2S2/c1-14-5-6-15(22-14)12-19(9-3-10-20)13-16-7-8-18(23-16)17-4-2-11-21-17/h5-8,17,20H,2-4,9-13H2,1H3. The molecule has 1 atom stereocenters. The molecule has 1 fully saturated rings. The molecule has 0 saturated carbocycles. The first kappa shape index (κ1) is 17.1. The molecule has 3 rings (SSSR count). The Kier molecular flexibility index (Phi) is 6.25. The number of aryl methyl sites for hydroxylation is 1. The third kappa shape index (κ3) is 4.88. The van der Waals surface area contributed by atoms with E-state index in [1.807, 2.05) is 22.7 Å². The van der Waals surface area contributed by atoms with Gasteiger partial charge in [0.05, 0.1) is 6.10 Å². The maximum Gasteiger partial charge on any atom is 0.0917 e. The number of hydrogen-bond acceptors (Lipinski definition) is 5. The van der Waals surface area contributed by atoms with Crippen LogP contribution in [-0.4, -0.2) is 29.8 Å². The van der Waals surface area contributed by atoms with Crippen LogP contribution in [0.4, 0.5) is 0 Å². The van der Waals surface area contributed by atoms with Crippen molar-refractivity contribution < 1.29 is 9.84 Å². The summed E-state index contributed by atoms with van der Waals surface area (Å²) >= 11 is 3.75. The normalized spacial score (nSPS) is 18.1. The highest BCUT2D eigenvalue weighted by molar-refractivity contribution is 7.12. The zero-order valence-electron chi connectivity index (χ0n) is 13.7. The summed E-state index contributed by atoms with van der Waals surface area (Å²) in [6, 6.07) is 8.88. The molecular weight excluding hydrogens is 326 g/mol. The minimum Gasteiger partial charge on any atom is -0.396 e. The first-order valence-corrected chi connectivity index (χ1v) is 9.96. The van der Waals surface area contributed by atoms with Crippen molar-refractivity contribution >= 4 is 22.7 Å². The van der Waals surface area contributed by atoms with Crippen molar-refractivity contribution in [2.45, 2.75) is 45.4 Å². The van der Waals surface area contributed by atoms with Crippen molar-refractivity contribution in [1.82, 2.24) is 4.90 Å². The van der Waals surface area contributed by atoms with Gasteiger partial charge < -0.3 is 9.84 Å². The van der Waals surface area contributed by atoms with Crippen LogP contribution in [-0.2, 0) is 17.8 Å². The molecule has 2 aromatic heterocycles. The fourth-order valence-electron chi connectivity index (χ4n) is 2.97. The van der Waals surface area contributed by atoms with E-state index in [4.69, 9.17) is 9.84 Å². The van der Waals surface area contributed by atoms with Crippen LogP contribution in [0.15, 0.2) is 24.3 Å². The van der Waals surface area contributed by atoms with Crippen LogP contribution in [0.25, 0.3) is 0 Å². The summed E-state index contributed by atoms with van der Waals surface area (Å²) in [5.41, 5.74) is 0. The van der Waals surface area contributed by atoms with E-state index in [1.165, 1.54) is 25.9 Å². The van der Waals surface area contributed by atoms with E-state index >= 15 is 0 Å². The van der Waals surface area contributed by atoms with E-state index in [2.05, 4.69) is 36.1 Å². The summed E-state index contributed by atoms with van der Waals surface area (Å²) in [7, 11) is 0. The molecule has 1 unspecified atom stereocenters. The lowest BCUT2D eigenvalue weighted by Gasteiger charge is -2.20. The molecule has 0 aliphatic carbocycles. The van der Waals surface area contributed by atoms with Gasteiger partial charge in [0.25, 0.3) is 0 Å². The maximum atomic E-state index is 9.16. The predicted octanol–water partition coefficient (Wildman–Crippen LogP) is 4.35. The molecule has 0 radical (unpaired) electrons. The van der Waals surface area contributed by atoms with Gasteiger partial charge in [-0.3, -0.25) is 4.90 Å². The lowest BCUT2D eigenvalue weighted by Crippen LogP contribution is -2.23. The largest absolute Gasteiger partial charge is 0.396 e. The third-order valence-electron chi connectivity index (χ3n) is 4.12. The molecule has 1 aliphatic rings. The quantitative estimate of drug-likeness (QED) is 0.767. The molecule has 3 nitrogen and oxygen atoms in total. The zero-order chi connectivity index (χ0) is 16.1. The Labute approximate surface area is 146 Å². The minimum atomic E-state index is 0.256. The Hall–Kier alpha value is -0.720. The Bertz CT molecular complexity index is 602. The van der Waals surface area contributed by atoms with Gasteiger partial charge in [-0.1, -0.05) is 0 Å². The zero-order valence-corrected chi connectivity index (χ0v) is 15.3. The Morgan fingerprint density at radius 1 is 1.17 bits per heavy atom. The topological polar surface area (TPSA) is 32.7 Å². The smallest absolute Gasteiger partial charge is 0.0917 e. The number of hydrogen-bond donors (Lipinski definition) is 1. The summed E-state index contributed by atoms with van der Waals surface area (Å²) < 4.78 is 5.79. The number of aliphatic hydroxyl groups is 1. The van der Waals surface area contributed by atoms with Gasteiger partial charge in [0.2, 0.25) is 0 Å². The van der Waals surface area contributed by atoms with Crippen LogP contribution in [0.2, 0.25) is 0 Å². The first-order chi connectivity index (χ1) is 11.2. The molecule has 3 heterocycles. The average Bonchev–Trinajstić information content (AvgIpc) is 3.26. The second-order valence-electron chi connectivity index (χ2n) is 6.11. The average molecular weight is 352 g/mol. The van der Waals surface area contributed by atoms with Crippen LogP contribution >= 0.6 is 22.7 Å². The van der Waals surface area contributed by atoms with E-state index < -0.39 is 0 Å². The van der Waals surface area contributed by atoms with Gasteiger partial charge >= 0.3 is 0 Å². The van der Waals surface area contributed by atoms with Gasteiger partial charge in [0.15, 0.2) is 0 Å². The van der Waals surface area contributed by atoms with E-state index in [-0.39, 0.29) is 6.61 Å². The summed E-state index contributed by atoms with van der Waals surface area (Å²) in [6.07, 6.45) is 3.48. The molecule has 0 amide bonds. The summed E-state index contributed by atoms with van der Waals surface area (Å²) in [5.74, 6) is 0. The molecule has 5 heteroatoms. The monoisotopic (exact) mass is 351 g/mol. The van der Waals surface area contributed by atoms with Crippen molar-refractivity contribution in [3.05, 3.63) is 43.8 Å². The van der Waals surface area contributed by atoms with Crippen LogP contribution in [0.1, 0.15) is 44.9 Å². The number of ether oxygens (including phenoxy) is 1. The van der Waals surface area contributed by atoms with Crippen molar-refractivity contribution in [1.29, 1.82) is 0 Å². The molecule has 23 heavy (non-hydrogen) atoms. The minimum absolute atomic E-state index is 0.256. The van der Waals surface area contributed by atoms with Crippen molar-refractivity contribution in [2.24, 2.45) is 0 Å². The fourth-order valence-corrected chi connectivity index (χ4v) is 5.05. The van der Waals surface area contributed by atoms with Gasteiger partial charge in [-0.25, -0.2) is 0 Å². The Balaban J connectivity index is 1.62. The highest BCUT2D eigenvalue weighted by Gasteiger charge is 2.20. The third-order valence-corrected chi connectivity index (χ3v) is 6.26. The molecule has 0 bridgehead atoms. The summed E-state index contributed by atoms with van der Waals surface area (Å²) in [4.78, 5) is 7.95. The predicted molar refractivity (Wildman–Crippen MR) is 97.1 cm³/mol. The number of thiophene rings is 2. The lowest BCUT2D eigenvalue weighted by atomic mass is 10.2. The number of aliphatic hydroxyl groups excluding tert-OH is 1. The van der Waals surface area contributed by atoms with Crippen LogP contribution in [0.3, 0.4) is 0 Å². The van der Waals surface area contributed by atoms with Crippen LogP contribution in [0, 0.1) is 6.92 Å². The number of rotatable bonds is 8. The van der Waals surface area contributed by atoms with E-state index in [0.29, 0.717) is 6.10 Å². The van der Waals surface area contributed by atoms with E-state index in [0.717, 1.165) is 39.1 Å². The Morgan fingerprint density at radius 3 is 2.61 bits per heavy atom. The van der Waals surface area contributed by atoms with E-state index in [1.54, 1.807) is 0 Å². The molecular formula is C18H25NO2S2. The Morgan fingerprint density at radius 2 is 1.96 bits per heavy atom. The molecule has 2 aromatic rings. The van der Waals surface area contributed by atoms with Gasteiger partial charge in [-0.15, -0.1) is 22.7 Å². The van der Waals surface area contributed by atoms with Gasteiger partial charge in [0.1, 0.15) is 0 Å². The van der Waals surface area contributed by atoms with Crippen molar-refractivity contribution in [2.75, 3.05) is 19.8 Å². The fraction of sp³-hybridized carbons (Fsp3) is 0.556. The molecule has 126 valence electrons. The second kappa shape index (κ2) is 8.40. The highest BCUT2D eigenvalue weighted by Crippen LogP contribution is 2.33. The molecule has 1 N–H and O–H groups in total. The van der Waals surface area contributed by atoms with E-state index in [9.17, 15) is 0 Å². The van der Waals surface area contributed by atoms with Gasteiger partial charge in [-0.05, 0) is 50.5 Å². The molecule has 1 saturated heterocycles. The van der Waals surface area contributed by atoms with Gasteiger partial charge in [-0.2, -0.15) is 0 Å². The molecule has 0 spiro atoms. The van der Waals surface area contributed by atoms with Crippen LogP contribution in [0.5, 0.6) is 0 Å². The number of nitrogens with zero attached hydrogens (tertiary/aromatic N) is 1. The van der Waals surface area contributed by atoms with Gasteiger partial charge in [0, 0.05) is 52.4 Å². The molecule has 0 aromatic carbocycles. The summed E-state index contributed by atoms with van der Waals surface area (Å²) in [6.45, 7) is 6.16. The lowest BCUT2D eigenvalue weighted by molar-refractivity contribution is 0.114. The van der Waals surface area contributed by atoms with Crippen LogP contribution < -0.4 is 0 Å². The van der Waals surface area contributed by atoms with Crippen molar-refractivity contribution in [3.8, 4) is 0 Å². The maximum absolute atomic E-state index is 9.16. The first-order valence-electron chi connectivity index (χ1n) is 8.33. The SMILES string of the molecule is Cc1ccc(CN(CCCO)Cc2ccc(C3CCCO3)s2)s1. The highest BCUT2D eigenvalue weighted by atomic mass is 32.1. The second-order valence-corrected chi connectivity index (χ2v) is 8.68. The summed E-state index contributed by atoms with van der Waals surface area (Å²) in [5, 5.41) is 9.16. The molecule has 1 aliphatic heterocycles. The van der Waals surface area contributed by atoms with Crippen molar-refractivity contribution in [3.63, 3.8) is 0 Å².